The molecular formula is C17H15N3O3. The minimum Gasteiger partial charge on any atom is -0.324 e. The van der Waals surface area contributed by atoms with Crippen LogP contribution in [0.25, 0.3) is 11.0 Å². The normalized spacial score (nSPS) is 10.7. The third-order valence-corrected chi connectivity index (χ3v) is 3.60. The van der Waals surface area contributed by atoms with Gasteiger partial charge in [-0.2, -0.15) is 0 Å². The Labute approximate surface area is 131 Å². The van der Waals surface area contributed by atoms with Crippen LogP contribution in [0.5, 0.6) is 0 Å². The molecule has 0 unspecified atom stereocenters. The van der Waals surface area contributed by atoms with Crippen molar-refractivity contribution in [2.24, 2.45) is 0 Å². The van der Waals surface area contributed by atoms with Gasteiger partial charge in [-0.3, -0.25) is 19.0 Å². The molecule has 0 saturated heterocycles. The number of nitrogens with zero attached hydrogens (tertiary/aromatic N) is 1. The maximum absolute atomic E-state index is 12.3. The summed E-state index contributed by atoms with van der Waals surface area (Å²) in [5, 5.41) is 2.76. The lowest BCUT2D eigenvalue weighted by molar-refractivity contribution is -0.116. The van der Waals surface area contributed by atoms with Gasteiger partial charge >= 0.3 is 11.1 Å². The van der Waals surface area contributed by atoms with Gasteiger partial charge in [0.25, 0.3) is 0 Å². The summed E-state index contributed by atoms with van der Waals surface area (Å²) in [6.07, 6.45) is 0. The summed E-state index contributed by atoms with van der Waals surface area (Å²) in [6, 6.07) is 14.2. The number of fused-ring (bicyclic) bond motifs is 1. The number of H-pyrrole nitrogens is 1. The Morgan fingerprint density at radius 2 is 1.78 bits per heavy atom. The summed E-state index contributed by atoms with van der Waals surface area (Å²) < 4.78 is 1.18. The Balaban J connectivity index is 1.97. The van der Waals surface area contributed by atoms with Gasteiger partial charge < -0.3 is 10.3 Å². The highest BCUT2D eigenvalue weighted by Gasteiger charge is 2.11. The minimum atomic E-state index is -0.747. The Bertz CT molecular complexity index is 1000. The SMILES string of the molecule is Cc1ccccc1NC(=O)Cn1c(=O)c(=O)[nH]c2ccccc21. The van der Waals surface area contributed by atoms with Crippen molar-refractivity contribution in [1.29, 1.82) is 0 Å². The number of benzene rings is 2. The van der Waals surface area contributed by atoms with E-state index in [2.05, 4.69) is 10.3 Å². The Morgan fingerprint density at radius 1 is 1.09 bits per heavy atom. The molecule has 0 aliphatic rings. The van der Waals surface area contributed by atoms with E-state index in [0.29, 0.717) is 16.7 Å². The number of aromatic amines is 1. The Hall–Kier alpha value is -3.15. The molecule has 116 valence electrons. The van der Waals surface area contributed by atoms with Gasteiger partial charge in [0.1, 0.15) is 6.54 Å². The molecule has 0 fully saturated rings. The number of hydrogen-bond donors (Lipinski definition) is 2. The molecule has 0 bridgehead atoms. The van der Waals surface area contributed by atoms with Crippen LogP contribution >= 0.6 is 0 Å². The molecule has 1 amide bonds. The number of aromatic nitrogens is 2. The van der Waals surface area contributed by atoms with Crippen molar-refractivity contribution >= 4 is 22.6 Å². The fourth-order valence-electron chi connectivity index (χ4n) is 2.43. The van der Waals surface area contributed by atoms with Crippen molar-refractivity contribution in [2.45, 2.75) is 13.5 Å². The molecule has 3 rings (SSSR count). The molecule has 1 heterocycles. The van der Waals surface area contributed by atoms with Crippen LogP contribution in [0.4, 0.5) is 5.69 Å². The lowest BCUT2D eigenvalue weighted by atomic mass is 10.2. The fourth-order valence-corrected chi connectivity index (χ4v) is 2.43. The van der Waals surface area contributed by atoms with E-state index in [-0.39, 0.29) is 12.5 Å². The number of hydrogen-bond acceptors (Lipinski definition) is 3. The maximum Gasteiger partial charge on any atom is 0.317 e. The second kappa shape index (κ2) is 5.92. The summed E-state index contributed by atoms with van der Waals surface area (Å²) in [7, 11) is 0. The standard InChI is InChI=1S/C17H15N3O3/c1-11-6-2-3-7-12(11)18-15(21)10-20-14-9-5-4-8-13(14)19-16(22)17(20)23/h2-9H,10H2,1H3,(H,18,21)(H,19,22). The van der Waals surface area contributed by atoms with E-state index in [9.17, 15) is 14.4 Å². The number of nitrogens with one attached hydrogen (secondary N) is 2. The molecule has 0 aliphatic heterocycles. The van der Waals surface area contributed by atoms with E-state index in [1.54, 1.807) is 30.3 Å². The smallest absolute Gasteiger partial charge is 0.317 e. The van der Waals surface area contributed by atoms with Gasteiger partial charge in [0, 0.05) is 5.69 Å². The largest absolute Gasteiger partial charge is 0.324 e. The lowest BCUT2D eigenvalue weighted by Crippen LogP contribution is -2.38. The van der Waals surface area contributed by atoms with E-state index in [4.69, 9.17) is 0 Å². The predicted octanol–water partition coefficient (Wildman–Crippen LogP) is 1.64. The van der Waals surface area contributed by atoms with Crippen LogP contribution in [-0.2, 0) is 11.3 Å². The zero-order chi connectivity index (χ0) is 16.4. The maximum atomic E-state index is 12.3. The Kier molecular flexibility index (Phi) is 3.80. The van der Waals surface area contributed by atoms with Crippen LogP contribution in [0.3, 0.4) is 0 Å². The van der Waals surface area contributed by atoms with Crippen LogP contribution < -0.4 is 16.4 Å². The number of carbonyl (C=O) groups is 1. The van der Waals surface area contributed by atoms with Gasteiger partial charge in [-0.1, -0.05) is 30.3 Å². The van der Waals surface area contributed by atoms with Gasteiger partial charge in [-0.15, -0.1) is 0 Å². The van der Waals surface area contributed by atoms with Crippen molar-refractivity contribution in [3.8, 4) is 0 Å². The second-order valence-electron chi connectivity index (χ2n) is 5.23. The zero-order valence-corrected chi connectivity index (χ0v) is 12.5. The number of amides is 1. The number of carbonyl (C=O) groups excluding carboxylic acids is 1. The monoisotopic (exact) mass is 309 g/mol. The van der Waals surface area contributed by atoms with Gasteiger partial charge in [-0.05, 0) is 30.7 Å². The molecule has 23 heavy (non-hydrogen) atoms. The minimum absolute atomic E-state index is 0.225. The Morgan fingerprint density at radius 3 is 2.57 bits per heavy atom. The molecule has 0 spiro atoms. The first-order valence-corrected chi connectivity index (χ1v) is 7.13. The van der Waals surface area contributed by atoms with Crippen LogP contribution in [0.15, 0.2) is 58.1 Å². The number of para-hydroxylation sites is 3. The van der Waals surface area contributed by atoms with Crippen LogP contribution in [0.2, 0.25) is 0 Å². The van der Waals surface area contributed by atoms with Crippen LogP contribution in [0.1, 0.15) is 5.56 Å². The number of rotatable bonds is 3. The summed E-state index contributed by atoms with van der Waals surface area (Å²) in [5.74, 6) is -0.364. The van der Waals surface area contributed by atoms with Crippen LogP contribution in [-0.4, -0.2) is 15.5 Å². The topological polar surface area (TPSA) is 84.0 Å². The van der Waals surface area contributed by atoms with E-state index >= 15 is 0 Å². The van der Waals surface area contributed by atoms with E-state index < -0.39 is 11.1 Å². The molecule has 6 heteroatoms. The molecule has 0 atom stereocenters. The highest BCUT2D eigenvalue weighted by atomic mass is 16.2. The number of anilines is 1. The van der Waals surface area contributed by atoms with E-state index in [1.807, 2.05) is 25.1 Å². The quantitative estimate of drug-likeness (QED) is 0.721. The summed E-state index contributed by atoms with van der Waals surface area (Å²) in [5.41, 5.74) is 1.14. The zero-order valence-electron chi connectivity index (χ0n) is 12.5. The van der Waals surface area contributed by atoms with Gasteiger partial charge in [0.15, 0.2) is 0 Å². The first kappa shape index (κ1) is 14.8. The molecule has 2 aromatic carbocycles. The van der Waals surface area contributed by atoms with Crippen molar-refractivity contribution in [3.05, 3.63) is 74.8 Å². The first-order valence-electron chi connectivity index (χ1n) is 7.13. The average molecular weight is 309 g/mol. The fraction of sp³-hybridized carbons (Fsp3) is 0.118. The van der Waals surface area contributed by atoms with Crippen molar-refractivity contribution in [3.63, 3.8) is 0 Å². The lowest BCUT2D eigenvalue weighted by Gasteiger charge is -2.11. The second-order valence-corrected chi connectivity index (χ2v) is 5.23. The molecule has 2 N–H and O–H groups in total. The third-order valence-electron chi connectivity index (χ3n) is 3.60. The predicted molar refractivity (Wildman–Crippen MR) is 88.6 cm³/mol. The average Bonchev–Trinajstić information content (AvgIpc) is 2.54. The summed E-state index contributed by atoms with van der Waals surface area (Å²) >= 11 is 0. The van der Waals surface area contributed by atoms with Gasteiger partial charge in [0.2, 0.25) is 5.91 Å². The van der Waals surface area contributed by atoms with Gasteiger partial charge in [-0.25, -0.2) is 0 Å². The van der Waals surface area contributed by atoms with Crippen molar-refractivity contribution < 1.29 is 4.79 Å². The molecule has 0 aliphatic carbocycles. The van der Waals surface area contributed by atoms with Crippen LogP contribution in [0, 0.1) is 6.92 Å². The molecular weight excluding hydrogens is 294 g/mol. The molecule has 1 aromatic heterocycles. The molecule has 6 nitrogen and oxygen atoms in total. The molecule has 3 aromatic rings. The molecule has 0 saturated carbocycles. The first-order chi connectivity index (χ1) is 11.1. The van der Waals surface area contributed by atoms with E-state index in [0.717, 1.165) is 5.56 Å². The van der Waals surface area contributed by atoms with Crippen molar-refractivity contribution in [1.82, 2.24) is 9.55 Å². The number of aryl methyl sites for hydroxylation is 1. The molecule has 0 radical (unpaired) electrons. The summed E-state index contributed by atoms with van der Waals surface area (Å²) in [6.45, 7) is 1.65. The summed E-state index contributed by atoms with van der Waals surface area (Å²) in [4.78, 5) is 38.6. The highest BCUT2D eigenvalue weighted by molar-refractivity contribution is 5.92. The highest BCUT2D eigenvalue weighted by Crippen LogP contribution is 2.13. The van der Waals surface area contributed by atoms with E-state index in [1.165, 1.54) is 4.57 Å². The third kappa shape index (κ3) is 2.91. The van der Waals surface area contributed by atoms with Gasteiger partial charge in [0.05, 0.1) is 11.0 Å². The van der Waals surface area contributed by atoms with Crippen molar-refractivity contribution in [2.75, 3.05) is 5.32 Å².